The second-order valence-corrected chi connectivity index (χ2v) is 5.01. The maximum absolute atomic E-state index is 11.0. The molecule has 0 saturated carbocycles. The summed E-state index contributed by atoms with van der Waals surface area (Å²) in [4.78, 5) is 0.177. The fourth-order valence-electron chi connectivity index (χ4n) is 0.622. The van der Waals surface area contributed by atoms with Crippen molar-refractivity contribution in [1.29, 1.82) is 0 Å². The number of halogens is 1. The fourth-order valence-corrected chi connectivity index (χ4v) is 1.46. The summed E-state index contributed by atoms with van der Waals surface area (Å²) in [6, 6.07) is 4.52. The zero-order valence-corrected chi connectivity index (χ0v) is 8.24. The van der Waals surface area contributed by atoms with E-state index in [9.17, 15) is 8.42 Å². The highest BCUT2D eigenvalue weighted by atomic mass is 79.9. The topological polar surface area (TPSA) is 34.1 Å². The molecule has 0 atom stereocenters. The molecule has 1 aromatic carbocycles. The van der Waals surface area contributed by atoms with Crippen molar-refractivity contribution in [2.45, 2.75) is 4.90 Å². The number of hydrogen-bond donors (Lipinski definition) is 0. The summed E-state index contributed by atoms with van der Waals surface area (Å²) < 4.78 is 29.9. The highest BCUT2D eigenvalue weighted by Gasteiger charge is 2.04. The van der Waals surface area contributed by atoms with Gasteiger partial charge in [0.05, 0.1) is 6.27 Å². The van der Waals surface area contributed by atoms with Gasteiger partial charge in [-0.1, -0.05) is 15.9 Å². The molecule has 0 radical (unpaired) electrons. The van der Waals surface area contributed by atoms with Crippen LogP contribution in [0.5, 0.6) is 0 Å². The summed E-state index contributed by atoms with van der Waals surface area (Å²) in [6.45, 7) is 0. The first-order chi connectivity index (χ1) is 5.41. The van der Waals surface area contributed by atoms with E-state index in [1.54, 1.807) is 6.07 Å². The predicted molar refractivity (Wildman–Crippen MR) is 47.3 cm³/mol. The molecule has 0 spiro atoms. The van der Waals surface area contributed by atoms with E-state index < -0.39 is 9.84 Å². The van der Waals surface area contributed by atoms with E-state index >= 15 is 0 Å². The van der Waals surface area contributed by atoms with E-state index in [-0.39, 0.29) is 10.9 Å². The van der Waals surface area contributed by atoms with Crippen LogP contribution in [0.2, 0.25) is 0 Å². The van der Waals surface area contributed by atoms with Crippen LogP contribution in [0.1, 0.15) is 1.37 Å². The van der Waals surface area contributed by atoms with Gasteiger partial charge >= 0.3 is 0 Å². The van der Waals surface area contributed by atoms with Gasteiger partial charge in [-0.3, -0.25) is 0 Å². The Hall–Kier alpha value is -0.350. The molecular weight excluding hydrogens is 228 g/mol. The molecule has 0 fully saturated rings. The van der Waals surface area contributed by atoms with Gasteiger partial charge in [0.1, 0.15) is 0 Å². The monoisotopic (exact) mass is 236 g/mol. The maximum Gasteiger partial charge on any atom is 0.175 e. The Labute approximate surface area is 75.7 Å². The van der Waals surface area contributed by atoms with Crippen molar-refractivity contribution in [3.63, 3.8) is 0 Å². The van der Waals surface area contributed by atoms with Crippen molar-refractivity contribution < 1.29 is 9.79 Å². The van der Waals surface area contributed by atoms with Gasteiger partial charge < -0.3 is 0 Å². The number of benzene rings is 1. The van der Waals surface area contributed by atoms with Crippen LogP contribution in [0, 0.1) is 0 Å². The molecule has 60 valence electrons. The van der Waals surface area contributed by atoms with Gasteiger partial charge in [0.2, 0.25) is 0 Å². The van der Waals surface area contributed by atoms with Crippen LogP contribution in [0.15, 0.2) is 33.6 Å². The van der Waals surface area contributed by atoms with Crippen LogP contribution < -0.4 is 0 Å². The van der Waals surface area contributed by atoms with Crippen molar-refractivity contribution in [2.75, 3.05) is 6.26 Å². The van der Waals surface area contributed by atoms with Gasteiger partial charge in [-0.25, -0.2) is 8.42 Å². The number of sulfone groups is 1. The molecule has 1 rings (SSSR count). The minimum atomic E-state index is -3.18. The van der Waals surface area contributed by atoms with E-state index in [0.717, 1.165) is 6.26 Å². The molecule has 0 aliphatic rings. The van der Waals surface area contributed by atoms with Crippen molar-refractivity contribution >= 4 is 25.8 Å². The molecule has 0 saturated heterocycles. The van der Waals surface area contributed by atoms with Crippen molar-refractivity contribution in [2.24, 2.45) is 0 Å². The second kappa shape index (κ2) is 2.95. The Morgan fingerprint density at radius 2 is 2.09 bits per heavy atom. The summed E-state index contributed by atoms with van der Waals surface area (Å²) in [6.07, 6.45) is 1.12. The lowest BCUT2D eigenvalue weighted by Crippen LogP contribution is -1.95. The third-order valence-electron chi connectivity index (χ3n) is 1.17. The van der Waals surface area contributed by atoms with Crippen LogP contribution >= 0.6 is 15.9 Å². The molecule has 0 aliphatic carbocycles. The highest BCUT2D eigenvalue weighted by Crippen LogP contribution is 2.13. The molecule has 11 heavy (non-hydrogen) atoms. The smallest absolute Gasteiger partial charge is 0.175 e. The average molecular weight is 237 g/mol. The lowest BCUT2D eigenvalue weighted by Gasteiger charge is -1.96. The molecule has 2 nitrogen and oxygen atoms in total. The van der Waals surface area contributed by atoms with Crippen LogP contribution in [0.3, 0.4) is 0 Å². The molecule has 0 bridgehead atoms. The first-order valence-electron chi connectivity index (χ1n) is 3.37. The minimum Gasteiger partial charge on any atom is -0.224 e. The predicted octanol–water partition coefficient (Wildman–Crippen LogP) is 1.85. The first kappa shape index (κ1) is 7.31. The van der Waals surface area contributed by atoms with Gasteiger partial charge in [0, 0.05) is 10.7 Å². The zero-order valence-electron chi connectivity index (χ0n) is 6.83. The van der Waals surface area contributed by atoms with Crippen molar-refractivity contribution in [3.8, 4) is 0 Å². The van der Waals surface area contributed by atoms with E-state index in [1.807, 2.05) is 0 Å². The van der Waals surface area contributed by atoms with E-state index in [2.05, 4.69) is 15.9 Å². The SMILES string of the molecule is [3H]c1cc(S(C)(=O)=O)ccc1Br. The lowest BCUT2D eigenvalue weighted by atomic mass is 10.4. The highest BCUT2D eigenvalue weighted by molar-refractivity contribution is 9.10. The van der Waals surface area contributed by atoms with Crippen LogP contribution in [0.25, 0.3) is 0 Å². The summed E-state index contributed by atoms with van der Waals surface area (Å²) in [7, 11) is -3.18. The van der Waals surface area contributed by atoms with Crippen LogP contribution in [-0.4, -0.2) is 14.7 Å². The molecule has 0 aromatic heterocycles. The Morgan fingerprint density at radius 1 is 1.45 bits per heavy atom. The quantitative estimate of drug-likeness (QED) is 0.746. The molecule has 1 aromatic rings. The summed E-state index contributed by atoms with van der Waals surface area (Å²) in [5.41, 5.74) is 0. The Bertz CT molecular complexity index is 400. The van der Waals surface area contributed by atoms with E-state index in [1.165, 1.54) is 12.1 Å². The third-order valence-corrected chi connectivity index (χ3v) is 2.78. The van der Waals surface area contributed by atoms with Gasteiger partial charge in [-0.05, 0) is 24.2 Å². The standard InChI is InChI=1S/C7H7BrO2S/c1-11(9,10)7-4-2-6(8)3-5-7/h2-5H,1H3/i2T. The maximum atomic E-state index is 11.0. The second-order valence-electron chi connectivity index (χ2n) is 2.14. The summed E-state index contributed by atoms with van der Waals surface area (Å²) >= 11 is 3.11. The average Bonchev–Trinajstić information content (AvgIpc) is 1.92. The van der Waals surface area contributed by atoms with Gasteiger partial charge in [0.15, 0.2) is 9.84 Å². The normalized spacial score (nSPS) is 12.7. The van der Waals surface area contributed by atoms with Crippen molar-refractivity contribution in [1.82, 2.24) is 0 Å². The molecule has 0 N–H and O–H groups in total. The molecule has 0 heterocycles. The Morgan fingerprint density at radius 3 is 2.55 bits per heavy atom. The van der Waals surface area contributed by atoms with Gasteiger partial charge in [-0.15, -0.1) is 0 Å². The molecule has 0 amide bonds. The minimum absolute atomic E-state index is 0.177. The molecule has 4 heteroatoms. The molecule has 0 unspecified atom stereocenters. The van der Waals surface area contributed by atoms with E-state index in [0.29, 0.717) is 4.47 Å². The largest absolute Gasteiger partial charge is 0.224 e. The van der Waals surface area contributed by atoms with Crippen LogP contribution in [-0.2, 0) is 9.84 Å². The Balaban J connectivity index is 3.33. The fraction of sp³-hybridized carbons (Fsp3) is 0.143. The molecular formula is C7H7BrO2S. The van der Waals surface area contributed by atoms with Gasteiger partial charge in [0.25, 0.3) is 0 Å². The Kier molecular flexibility index (Phi) is 1.96. The number of rotatable bonds is 1. The number of hydrogen-bond acceptors (Lipinski definition) is 2. The third kappa shape index (κ3) is 2.31. The summed E-state index contributed by atoms with van der Waals surface area (Å²) in [5.74, 6) is 0. The zero-order chi connectivity index (χ0) is 9.35. The van der Waals surface area contributed by atoms with Crippen LogP contribution in [0.4, 0.5) is 0 Å². The van der Waals surface area contributed by atoms with Crippen molar-refractivity contribution in [3.05, 3.63) is 28.7 Å². The van der Waals surface area contributed by atoms with E-state index in [4.69, 9.17) is 1.37 Å². The molecule has 0 aliphatic heterocycles. The lowest BCUT2D eigenvalue weighted by molar-refractivity contribution is 0.602. The van der Waals surface area contributed by atoms with Gasteiger partial charge in [-0.2, -0.15) is 0 Å². The summed E-state index contributed by atoms with van der Waals surface area (Å²) in [5, 5.41) is 0. The first-order valence-corrected chi connectivity index (χ1v) is 5.56.